The van der Waals surface area contributed by atoms with Gasteiger partial charge in [0.2, 0.25) is 0 Å². The molecule has 70 valence electrons. The van der Waals surface area contributed by atoms with Crippen LogP contribution < -0.4 is 17.0 Å². The molecule has 3 heteroatoms. The van der Waals surface area contributed by atoms with Gasteiger partial charge in [0.05, 0.1) is 5.70 Å². The van der Waals surface area contributed by atoms with Gasteiger partial charge in [-0.15, -0.1) is 0 Å². The van der Waals surface area contributed by atoms with Crippen molar-refractivity contribution >= 4 is 5.70 Å². The van der Waals surface area contributed by atoms with Crippen molar-refractivity contribution in [1.82, 2.24) is 5.43 Å². The molecule has 1 aromatic rings. The molecule has 0 atom stereocenters. The molecule has 1 aromatic carbocycles. The number of rotatable bonds is 3. The van der Waals surface area contributed by atoms with Crippen molar-refractivity contribution in [2.24, 2.45) is 11.6 Å². The molecular formula is C10H15N3. The van der Waals surface area contributed by atoms with Crippen molar-refractivity contribution in [3.63, 3.8) is 0 Å². The van der Waals surface area contributed by atoms with Crippen LogP contribution in [0.4, 0.5) is 0 Å². The highest BCUT2D eigenvalue weighted by atomic mass is 15.2. The van der Waals surface area contributed by atoms with Crippen LogP contribution in [0.5, 0.6) is 0 Å². The van der Waals surface area contributed by atoms with Crippen LogP contribution >= 0.6 is 0 Å². The van der Waals surface area contributed by atoms with Gasteiger partial charge in [-0.3, -0.25) is 5.84 Å². The molecule has 1 rings (SSSR count). The van der Waals surface area contributed by atoms with E-state index in [0.29, 0.717) is 0 Å². The van der Waals surface area contributed by atoms with E-state index in [-0.39, 0.29) is 0 Å². The number of nitrogens with two attached hydrogens (primary N) is 2. The van der Waals surface area contributed by atoms with Crippen LogP contribution in [0.25, 0.3) is 5.70 Å². The zero-order valence-corrected chi connectivity index (χ0v) is 7.75. The third-order valence-electron chi connectivity index (χ3n) is 1.91. The molecule has 0 amide bonds. The molecule has 0 saturated heterocycles. The second kappa shape index (κ2) is 4.52. The lowest BCUT2D eigenvalue weighted by Gasteiger charge is -2.09. The van der Waals surface area contributed by atoms with E-state index in [9.17, 15) is 0 Å². The summed E-state index contributed by atoms with van der Waals surface area (Å²) in [5.74, 6) is 5.39. The maximum absolute atomic E-state index is 5.80. The highest BCUT2D eigenvalue weighted by Gasteiger charge is 2.01. The zero-order valence-electron chi connectivity index (χ0n) is 7.75. The summed E-state index contributed by atoms with van der Waals surface area (Å²) in [5.41, 5.74) is 11.0. The summed E-state index contributed by atoms with van der Waals surface area (Å²) < 4.78 is 0. The lowest BCUT2D eigenvalue weighted by molar-refractivity contribution is 0.946. The van der Waals surface area contributed by atoms with E-state index in [0.717, 1.165) is 23.4 Å². The second-order valence-electron chi connectivity index (χ2n) is 2.76. The third-order valence-corrected chi connectivity index (χ3v) is 1.91. The predicted molar refractivity (Wildman–Crippen MR) is 55.2 cm³/mol. The van der Waals surface area contributed by atoms with Crippen LogP contribution in [0, 0.1) is 0 Å². The summed E-state index contributed by atoms with van der Waals surface area (Å²) in [5, 5.41) is 0. The Hall–Kier alpha value is -1.48. The SMILES string of the molecule is CC/C(N)=C(/NN)c1ccccc1. The van der Waals surface area contributed by atoms with E-state index in [1.165, 1.54) is 0 Å². The van der Waals surface area contributed by atoms with Gasteiger partial charge in [-0.05, 0) is 6.42 Å². The van der Waals surface area contributed by atoms with Crippen molar-refractivity contribution in [3.8, 4) is 0 Å². The van der Waals surface area contributed by atoms with Gasteiger partial charge in [0.1, 0.15) is 0 Å². The standard InChI is InChI=1S/C10H15N3/c1-2-9(11)10(13-12)8-6-4-3-5-7-8/h3-7,13H,2,11-12H2,1H3/b10-9-. The molecule has 0 spiro atoms. The number of hydrazine groups is 1. The van der Waals surface area contributed by atoms with Crippen molar-refractivity contribution in [2.75, 3.05) is 0 Å². The topological polar surface area (TPSA) is 64.1 Å². The molecule has 0 aliphatic carbocycles. The fourth-order valence-corrected chi connectivity index (χ4v) is 1.14. The highest BCUT2D eigenvalue weighted by molar-refractivity contribution is 5.65. The molecule has 5 N–H and O–H groups in total. The molecule has 0 aliphatic rings. The van der Waals surface area contributed by atoms with E-state index in [2.05, 4.69) is 5.43 Å². The number of nitrogens with one attached hydrogen (secondary N) is 1. The minimum atomic E-state index is 0.772. The monoisotopic (exact) mass is 177 g/mol. The van der Waals surface area contributed by atoms with E-state index in [1.807, 2.05) is 37.3 Å². The van der Waals surface area contributed by atoms with Gasteiger partial charge in [-0.1, -0.05) is 37.3 Å². The Morgan fingerprint density at radius 1 is 1.31 bits per heavy atom. The zero-order chi connectivity index (χ0) is 9.68. The Morgan fingerprint density at radius 3 is 2.38 bits per heavy atom. The molecule has 0 bridgehead atoms. The molecular weight excluding hydrogens is 162 g/mol. The molecule has 0 fully saturated rings. The van der Waals surface area contributed by atoms with E-state index < -0.39 is 0 Å². The molecule has 0 unspecified atom stereocenters. The Kier molecular flexibility index (Phi) is 3.34. The van der Waals surface area contributed by atoms with Gasteiger partial charge in [0.15, 0.2) is 0 Å². The molecule has 0 aliphatic heterocycles. The van der Waals surface area contributed by atoms with Crippen LogP contribution in [-0.2, 0) is 0 Å². The smallest absolute Gasteiger partial charge is 0.0746 e. The Morgan fingerprint density at radius 2 is 1.92 bits per heavy atom. The average Bonchev–Trinajstić information content (AvgIpc) is 2.20. The predicted octanol–water partition coefficient (Wildman–Crippen LogP) is 1.19. The van der Waals surface area contributed by atoms with Crippen LogP contribution in [-0.4, -0.2) is 0 Å². The Bertz CT molecular complexity index is 290. The summed E-state index contributed by atoms with van der Waals surface area (Å²) in [6, 6.07) is 9.81. The van der Waals surface area contributed by atoms with E-state index in [4.69, 9.17) is 11.6 Å². The first-order valence-electron chi connectivity index (χ1n) is 4.30. The minimum Gasteiger partial charge on any atom is -0.400 e. The normalized spacial score (nSPS) is 12.2. The van der Waals surface area contributed by atoms with E-state index in [1.54, 1.807) is 0 Å². The highest BCUT2D eigenvalue weighted by Crippen LogP contribution is 2.13. The summed E-state index contributed by atoms with van der Waals surface area (Å²) >= 11 is 0. The molecule has 0 radical (unpaired) electrons. The fraction of sp³-hybridized carbons (Fsp3) is 0.200. The van der Waals surface area contributed by atoms with Crippen molar-refractivity contribution in [1.29, 1.82) is 0 Å². The molecule has 0 saturated carbocycles. The van der Waals surface area contributed by atoms with Gasteiger partial charge < -0.3 is 11.2 Å². The van der Waals surface area contributed by atoms with Gasteiger partial charge in [-0.2, -0.15) is 0 Å². The fourth-order valence-electron chi connectivity index (χ4n) is 1.14. The molecule has 0 heterocycles. The number of benzene rings is 1. The Balaban J connectivity index is 3.05. The van der Waals surface area contributed by atoms with Crippen LogP contribution in [0.15, 0.2) is 36.0 Å². The first kappa shape index (κ1) is 9.61. The lowest BCUT2D eigenvalue weighted by Crippen LogP contribution is -2.23. The number of hydrogen-bond donors (Lipinski definition) is 3. The van der Waals surface area contributed by atoms with Crippen molar-refractivity contribution < 1.29 is 0 Å². The molecule has 13 heavy (non-hydrogen) atoms. The van der Waals surface area contributed by atoms with Crippen molar-refractivity contribution in [2.45, 2.75) is 13.3 Å². The first-order chi connectivity index (χ1) is 6.29. The lowest BCUT2D eigenvalue weighted by atomic mass is 10.1. The van der Waals surface area contributed by atoms with Crippen LogP contribution in [0.1, 0.15) is 18.9 Å². The molecule has 3 nitrogen and oxygen atoms in total. The third kappa shape index (κ3) is 2.23. The van der Waals surface area contributed by atoms with Crippen LogP contribution in [0.3, 0.4) is 0 Å². The summed E-state index contributed by atoms with van der Waals surface area (Å²) in [4.78, 5) is 0. The maximum Gasteiger partial charge on any atom is 0.0746 e. The first-order valence-corrected chi connectivity index (χ1v) is 4.30. The van der Waals surface area contributed by atoms with Gasteiger partial charge in [0.25, 0.3) is 0 Å². The second-order valence-corrected chi connectivity index (χ2v) is 2.76. The largest absolute Gasteiger partial charge is 0.400 e. The van der Waals surface area contributed by atoms with Crippen molar-refractivity contribution in [3.05, 3.63) is 41.6 Å². The van der Waals surface area contributed by atoms with Gasteiger partial charge >= 0.3 is 0 Å². The Labute approximate surface area is 78.4 Å². The number of allylic oxidation sites excluding steroid dienone is 1. The quantitative estimate of drug-likeness (QED) is 0.480. The average molecular weight is 177 g/mol. The minimum absolute atomic E-state index is 0.772. The summed E-state index contributed by atoms with van der Waals surface area (Å²) in [6.07, 6.45) is 0.786. The van der Waals surface area contributed by atoms with E-state index >= 15 is 0 Å². The maximum atomic E-state index is 5.80. The summed E-state index contributed by atoms with van der Waals surface area (Å²) in [7, 11) is 0. The summed E-state index contributed by atoms with van der Waals surface area (Å²) in [6.45, 7) is 2.00. The van der Waals surface area contributed by atoms with Crippen LogP contribution in [0.2, 0.25) is 0 Å². The molecule has 0 aromatic heterocycles. The van der Waals surface area contributed by atoms with Gasteiger partial charge in [0, 0.05) is 11.3 Å². The number of hydrogen-bond acceptors (Lipinski definition) is 3. The van der Waals surface area contributed by atoms with Gasteiger partial charge in [-0.25, -0.2) is 0 Å².